The third kappa shape index (κ3) is 3.55. The summed E-state index contributed by atoms with van der Waals surface area (Å²) in [6.07, 6.45) is 1.50. The Morgan fingerprint density at radius 3 is 2.42 bits per heavy atom. The molecule has 0 atom stereocenters. The first-order valence-corrected chi connectivity index (χ1v) is 9.21. The third-order valence-electron chi connectivity index (χ3n) is 4.08. The van der Waals surface area contributed by atoms with Crippen molar-refractivity contribution >= 4 is 11.3 Å². The number of thiazole rings is 1. The van der Waals surface area contributed by atoms with Crippen molar-refractivity contribution in [3.63, 3.8) is 0 Å². The van der Waals surface area contributed by atoms with E-state index >= 15 is 0 Å². The van der Waals surface area contributed by atoms with Crippen LogP contribution in [0.3, 0.4) is 0 Å². The number of aryl methyl sites for hydroxylation is 1. The Labute approximate surface area is 154 Å². The summed E-state index contributed by atoms with van der Waals surface area (Å²) in [6.45, 7) is 2.14. The molecule has 6 heteroatoms. The molecule has 130 valence electrons. The van der Waals surface area contributed by atoms with Gasteiger partial charge in [0, 0.05) is 16.5 Å². The zero-order chi connectivity index (χ0) is 17.9. The molecule has 2 aromatic carbocycles. The Morgan fingerprint density at radius 2 is 1.69 bits per heavy atom. The largest absolute Gasteiger partial charge is 0.339 e. The van der Waals surface area contributed by atoms with E-state index in [2.05, 4.69) is 46.3 Å². The molecular weight excluding hydrogens is 349 g/mol. The van der Waals surface area contributed by atoms with Gasteiger partial charge in [0.25, 0.3) is 0 Å². The summed E-state index contributed by atoms with van der Waals surface area (Å²) in [6, 6.07) is 14.5. The first-order chi connectivity index (χ1) is 12.7. The molecule has 0 fully saturated rings. The fourth-order valence-electron chi connectivity index (χ4n) is 2.61. The van der Waals surface area contributed by atoms with Crippen LogP contribution in [0.4, 0.5) is 4.39 Å². The summed E-state index contributed by atoms with van der Waals surface area (Å²) in [5.41, 5.74) is 4.08. The fraction of sp³-hybridized carbons (Fsp3) is 0.150. The predicted octanol–water partition coefficient (Wildman–Crippen LogP) is 5.15. The van der Waals surface area contributed by atoms with E-state index < -0.39 is 0 Å². The van der Waals surface area contributed by atoms with Gasteiger partial charge in [-0.05, 0) is 36.2 Å². The van der Waals surface area contributed by atoms with Crippen molar-refractivity contribution in [2.45, 2.75) is 19.8 Å². The van der Waals surface area contributed by atoms with E-state index in [9.17, 15) is 4.39 Å². The lowest BCUT2D eigenvalue weighted by Gasteiger charge is -1.99. The first-order valence-electron chi connectivity index (χ1n) is 8.33. The van der Waals surface area contributed by atoms with E-state index in [-0.39, 0.29) is 5.82 Å². The molecule has 0 unspecified atom stereocenters. The van der Waals surface area contributed by atoms with Gasteiger partial charge in [0.05, 0.1) is 12.1 Å². The summed E-state index contributed by atoms with van der Waals surface area (Å²) >= 11 is 1.57. The van der Waals surface area contributed by atoms with Crippen LogP contribution in [-0.2, 0) is 12.8 Å². The molecule has 2 heterocycles. The molecule has 4 rings (SSSR count). The third-order valence-corrected chi connectivity index (χ3v) is 4.93. The molecule has 0 saturated carbocycles. The van der Waals surface area contributed by atoms with E-state index in [0.717, 1.165) is 28.2 Å². The van der Waals surface area contributed by atoms with Crippen molar-refractivity contribution in [3.05, 3.63) is 76.2 Å². The number of benzene rings is 2. The van der Waals surface area contributed by atoms with Crippen LogP contribution in [0.15, 0.2) is 58.4 Å². The second-order valence-electron chi connectivity index (χ2n) is 5.87. The number of aromatic nitrogens is 3. The topological polar surface area (TPSA) is 51.8 Å². The molecule has 0 bridgehead atoms. The van der Waals surface area contributed by atoms with Crippen LogP contribution in [0.25, 0.3) is 22.6 Å². The van der Waals surface area contributed by atoms with Crippen LogP contribution in [0.1, 0.15) is 23.4 Å². The van der Waals surface area contributed by atoms with Gasteiger partial charge in [-0.2, -0.15) is 4.98 Å². The molecule has 0 N–H and O–H groups in total. The van der Waals surface area contributed by atoms with Gasteiger partial charge in [0.15, 0.2) is 0 Å². The SMILES string of the molecule is CCc1ccc(-c2csc(Cc3nc(-c4ccc(F)cc4)no3)n2)cc1. The van der Waals surface area contributed by atoms with E-state index in [1.807, 2.05) is 5.38 Å². The average Bonchev–Trinajstić information content (AvgIpc) is 3.33. The molecule has 0 aliphatic carbocycles. The molecule has 0 spiro atoms. The highest BCUT2D eigenvalue weighted by Gasteiger charge is 2.12. The van der Waals surface area contributed by atoms with Crippen LogP contribution in [0.5, 0.6) is 0 Å². The van der Waals surface area contributed by atoms with Crippen molar-refractivity contribution in [1.82, 2.24) is 15.1 Å². The molecule has 0 aliphatic heterocycles. The average molecular weight is 365 g/mol. The zero-order valence-electron chi connectivity index (χ0n) is 14.1. The standard InChI is InChI=1S/C20H16FN3OS/c1-2-13-3-5-14(6-4-13)17-12-26-19(22-17)11-18-23-20(24-25-18)15-7-9-16(21)10-8-15/h3-10,12H,2,11H2,1H3. The Hall–Kier alpha value is -2.86. The van der Waals surface area contributed by atoms with Gasteiger partial charge in [-0.1, -0.05) is 36.3 Å². The smallest absolute Gasteiger partial charge is 0.233 e. The lowest BCUT2D eigenvalue weighted by Crippen LogP contribution is -1.89. The molecule has 0 saturated heterocycles. The van der Waals surface area contributed by atoms with Crippen LogP contribution >= 0.6 is 11.3 Å². The van der Waals surface area contributed by atoms with Crippen molar-refractivity contribution < 1.29 is 8.91 Å². The maximum Gasteiger partial charge on any atom is 0.233 e. The Morgan fingerprint density at radius 1 is 0.962 bits per heavy atom. The molecule has 0 aliphatic rings. The van der Waals surface area contributed by atoms with Crippen molar-refractivity contribution in [3.8, 4) is 22.6 Å². The maximum absolute atomic E-state index is 13.0. The molecule has 4 aromatic rings. The number of rotatable bonds is 5. The maximum atomic E-state index is 13.0. The first kappa shape index (κ1) is 16.6. The normalized spacial score (nSPS) is 11.0. The molecule has 0 amide bonds. The van der Waals surface area contributed by atoms with Gasteiger partial charge in [0.2, 0.25) is 11.7 Å². The predicted molar refractivity (Wildman–Crippen MR) is 99.4 cm³/mol. The monoisotopic (exact) mass is 365 g/mol. The minimum Gasteiger partial charge on any atom is -0.339 e. The quantitative estimate of drug-likeness (QED) is 0.491. The van der Waals surface area contributed by atoms with Crippen molar-refractivity contribution in [1.29, 1.82) is 0 Å². The summed E-state index contributed by atoms with van der Waals surface area (Å²) in [4.78, 5) is 9.04. The fourth-order valence-corrected chi connectivity index (χ4v) is 3.40. The molecular formula is C20H16FN3OS. The molecule has 2 aromatic heterocycles. The highest BCUT2D eigenvalue weighted by Crippen LogP contribution is 2.24. The highest BCUT2D eigenvalue weighted by atomic mass is 32.1. The van der Waals surface area contributed by atoms with Gasteiger partial charge >= 0.3 is 0 Å². The Balaban J connectivity index is 1.49. The Bertz CT molecular complexity index is 1010. The summed E-state index contributed by atoms with van der Waals surface area (Å²) in [5.74, 6) is 0.651. The lowest BCUT2D eigenvalue weighted by atomic mass is 10.1. The second kappa shape index (κ2) is 7.17. The second-order valence-corrected chi connectivity index (χ2v) is 6.82. The number of nitrogens with zero attached hydrogens (tertiary/aromatic N) is 3. The van der Waals surface area contributed by atoms with E-state index in [0.29, 0.717) is 18.1 Å². The summed E-state index contributed by atoms with van der Waals surface area (Å²) in [7, 11) is 0. The number of hydrogen-bond donors (Lipinski definition) is 0. The molecule has 26 heavy (non-hydrogen) atoms. The van der Waals surface area contributed by atoms with Crippen LogP contribution in [0.2, 0.25) is 0 Å². The highest BCUT2D eigenvalue weighted by molar-refractivity contribution is 7.10. The van der Waals surface area contributed by atoms with Gasteiger partial charge < -0.3 is 4.52 Å². The zero-order valence-corrected chi connectivity index (χ0v) is 15.0. The lowest BCUT2D eigenvalue weighted by molar-refractivity contribution is 0.385. The van der Waals surface area contributed by atoms with Gasteiger partial charge in [-0.25, -0.2) is 9.37 Å². The van der Waals surface area contributed by atoms with Crippen LogP contribution in [0, 0.1) is 5.82 Å². The van der Waals surface area contributed by atoms with Gasteiger partial charge in [-0.15, -0.1) is 11.3 Å². The van der Waals surface area contributed by atoms with Crippen LogP contribution in [-0.4, -0.2) is 15.1 Å². The number of halogens is 1. The summed E-state index contributed by atoms with van der Waals surface area (Å²) in [5, 5.41) is 6.91. The number of hydrogen-bond acceptors (Lipinski definition) is 5. The minimum absolute atomic E-state index is 0.292. The van der Waals surface area contributed by atoms with Gasteiger partial charge in [0.1, 0.15) is 10.8 Å². The van der Waals surface area contributed by atoms with Crippen molar-refractivity contribution in [2.75, 3.05) is 0 Å². The van der Waals surface area contributed by atoms with E-state index in [1.165, 1.54) is 17.7 Å². The van der Waals surface area contributed by atoms with Crippen LogP contribution < -0.4 is 0 Å². The molecule has 0 radical (unpaired) electrons. The minimum atomic E-state index is -0.292. The Kier molecular flexibility index (Phi) is 4.58. The van der Waals surface area contributed by atoms with Gasteiger partial charge in [-0.3, -0.25) is 0 Å². The van der Waals surface area contributed by atoms with Crippen molar-refractivity contribution in [2.24, 2.45) is 0 Å². The van der Waals surface area contributed by atoms with E-state index in [1.54, 1.807) is 23.5 Å². The van der Waals surface area contributed by atoms with E-state index in [4.69, 9.17) is 4.52 Å². The molecule has 4 nitrogen and oxygen atoms in total. The summed E-state index contributed by atoms with van der Waals surface area (Å²) < 4.78 is 18.3.